The number of amides is 1. The molecule has 1 aromatic heterocycles. The summed E-state index contributed by atoms with van der Waals surface area (Å²) in [6.45, 7) is 1.02. The quantitative estimate of drug-likeness (QED) is 0.917. The first kappa shape index (κ1) is 12.4. The molecule has 0 bridgehead atoms. The van der Waals surface area contributed by atoms with Crippen LogP contribution in [0.3, 0.4) is 0 Å². The highest BCUT2D eigenvalue weighted by atomic mass is 79.9. The number of ether oxygens (including phenoxy) is 1. The van der Waals surface area contributed by atoms with Gasteiger partial charge in [0.25, 0.3) is 5.91 Å². The molecule has 1 aromatic carbocycles. The zero-order valence-corrected chi connectivity index (χ0v) is 11.7. The van der Waals surface area contributed by atoms with E-state index in [9.17, 15) is 4.79 Å². The summed E-state index contributed by atoms with van der Waals surface area (Å²) in [5.41, 5.74) is 8.39. The van der Waals surface area contributed by atoms with E-state index in [0.29, 0.717) is 18.9 Å². The highest BCUT2D eigenvalue weighted by Gasteiger charge is 2.24. The number of benzene rings is 1. The Labute approximate surface area is 118 Å². The topological polar surface area (TPSA) is 70.1 Å². The number of fused-ring (bicyclic) bond motifs is 1. The van der Waals surface area contributed by atoms with Gasteiger partial charge in [-0.05, 0) is 18.2 Å². The molecule has 0 atom stereocenters. The van der Waals surface area contributed by atoms with E-state index in [1.165, 1.54) is 0 Å². The normalized spacial score (nSPS) is 14.2. The minimum Gasteiger partial charge on any atom is -0.376 e. The van der Waals surface area contributed by atoms with Crippen LogP contribution in [0.4, 0.5) is 0 Å². The van der Waals surface area contributed by atoms with Gasteiger partial charge in [-0.25, -0.2) is 4.68 Å². The summed E-state index contributed by atoms with van der Waals surface area (Å²) in [6, 6.07) is 7.76. The Hall–Kier alpha value is -1.66. The van der Waals surface area contributed by atoms with Crippen LogP contribution in [0.25, 0.3) is 5.69 Å². The van der Waals surface area contributed by atoms with Crippen LogP contribution in [0, 0.1) is 0 Å². The van der Waals surface area contributed by atoms with Crippen LogP contribution in [0.2, 0.25) is 0 Å². The van der Waals surface area contributed by atoms with Gasteiger partial charge in [-0.15, -0.1) is 0 Å². The predicted octanol–water partition coefficient (Wildman–Crippen LogP) is 1.81. The molecule has 1 aliphatic heterocycles. The lowest BCUT2D eigenvalue weighted by Crippen LogP contribution is -2.17. The third-order valence-electron chi connectivity index (χ3n) is 3.11. The zero-order valence-electron chi connectivity index (χ0n) is 10.1. The second-order valence-electron chi connectivity index (χ2n) is 4.33. The van der Waals surface area contributed by atoms with Crippen LogP contribution in [-0.2, 0) is 17.8 Å². The molecule has 0 fully saturated rings. The Morgan fingerprint density at radius 1 is 1.47 bits per heavy atom. The second kappa shape index (κ2) is 4.79. The smallest absolute Gasteiger partial charge is 0.269 e. The fourth-order valence-electron chi connectivity index (χ4n) is 2.26. The van der Waals surface area contributed by atoms with E-state index in [4.69, 9.17) is 10.5 Å². The predicted molar refractivity (Wildman–Crippen MR) is 73.1 cm³/mol. The van der Waals surface area contributed by atoms with Gasteiger partial charge in [0.15, 0.2) is 5.69 Å². The molecular formula is C13H12BrN3O2. The number of nitrogens with two attached hydrogens (primary N) is 1. The maximum atomic E-state index is 11.5. The number of primary amides is 1. The van der Waals surface area contributed by atoms with Gasteiger partial charge in [-0.2, -0.15) is 5.10 Å². The number of aromatic nitrogens is 2. The van der Waals surface area contributed by atoms with Gasteiger partial charge in [0, 0.05) is 16.5 Å². The van der Waals surface area contributed by atoms with Crippen LogP contribution >= 0.6 is 15.9 Å². The molecule has 19 heavy (non-hydrogen) atoms. The molecule has 0 saturated carbocycles. The van der Waals surface area contributed by atoms with Gasteiger partial charge in [-0.1, -0.05) is 22.0 Å². The fourth-order valence-corrected chi connectivity index (χ4v) is 2.64. The first-order chi connectivity index (χ1) is 9.16. The van der Waals surface area contributed by atoms with Crippen LogP contribution in [0.15, 0.2) is 28.7 Å². The van der Waals surface area contributed by atoms with E-state index in [1.54, 1.807) is 4.68 Å². The highest BCUT2D eigenvalue weighted by molar-refractivity contribution is 9.10. The van der Waals surface area contributed by atoms with Crippen molar-refractivity contribution in [1.82, 2.24) is 9.78 Å². The van der Waals surface area contributed by atoms with Crippen molar-refractivity contribution in [3.8, 4) is 5.69 Å². The molecule has 98 valence electrons. The van der Waals surface area contributed by atoms with Crippen molar-refractivity contribution >= 4 is 21.8 Å². The zero-order chi connectivity index (χ0) is 13.4. The summed E-state index contributed by atoms with van der Waals surface area (Å²) in [4.78, 5) is 11.5. The van der Waals surface area contributed by atoms with Crippen LogP contribution < -0.4 is 5.73 Å². The molecular weight excluding hydrogens is 310 g/mol. The third kappa shape index (κ3) is 2.17. The summed E-state index contributed by atoms with van der Waals surface area (Å²) in [5, 5.41) is 4.34. The van der Waals surface area contributed by atoms with Gasteiger partial charge in [0.2, 0.25) is 0 Å². The maximum absolute atomic E-state index is 11.5. The monoisotopic (exact) mass is 321 g/mol. The average molecular weight is 322 g/mol. The molecule has 0 saturated heterocycles. The number of rotatable bonds is 2. The first-order valence-electron chi connectivity index (χ1n) is 5.91. The molecule has 1 amide bonds. The maximum Gasteiger partial charge on any atom is 0.269 e. The summed E-state index contributed by atoms with van der Waals surface area (Å²) >= 11 is 3.43. The Morgan fingerprint density at radius 2 is 2.32 bits per heavy atom. The summed E-state index contributed by atoms with van der Waals surface area (Å²) in [7, 11) is 0. The molecule has 0 aliphatic carbocycles. The molecule has 1 aliphatic rings. The number of halogens is 1. The van der Waals surface area contributed by atoms with E-state index in [-0.39, 0.29) is 0 Å². The molecule has 2 N–H and O–H groups in total. The number of hydrogen-bond donors (Lipinski definition) is 1. The lowest BCUT2D eigenvalue weighted by atomic mass is 10.1. The van der Waals surface area contributed by atoms with Crippen molar-refractivity contribution in [1.29, 1.82) is 0 Å². The van der Waals surface area contributed by atoms with Gasteiger partial charge in [-0.3, -0.25) is 4.79 Å². The van der Waals surface area contributed by atoms with E-state index in [1.807, 2.05) is 24.3 Å². The van der Waals surface area contributed by atoms with Crippen molar-refractivity contribution in [3.05, 3.63) is 45.7 Å². The first-order valence-corrected chi connectivity index (χ1v) is 6.70. The highest BCUT2D eigenvalue weighted by Crippen LogP contribution is 2.25. The average Bonchev–Trinajstić information content (AvgIpc) is 2.78. The minimum absolute atomic E-state index is 0.301. The molecule has 0 spiro atoms. The standard InChI is InChI=1S/C13H12BrN3O2/c14-8-2-1-3-9(6-8)17-11-4-5-19-7-10(11)12(16-17)13(15)18/h1-3,6H,4-5,7H2,(H2,15,18). The fraction of sp³-hybridized carbons (Fsp3) is 0.231. The van der Waals surface area contributed by atoms with Gasteiger partial charge >= 0.3 is 0 Å². The van der Waals surface area contributed by atoms with Crippen molar-refractivity contribution in [2.24, 2.45) is 5.73 Å². The van der Waals surface area contributed by atoms with Crippen molar-refractivity contribution in [2.45, 2.75) is 13.0 Å². The number of nitrogens with zero attached hydrogens (tertiary/aromatic N) is 2. The lowest BCUT2D eigenvalue weighted by Gasteiger charge is -2.14. The Balaban J connectivity index is 2.19. The SMILES string of the molecule is NC(=O)c1nn(-c2cccc(Br)c2)c2c1COCC2. The summed E-state index contributed by atoms with van der Waals surface area (Å²) in [6.07, 6.45) is 0.724. The van der Waals surface area contributed by atoms with Gasteiger partial charge < -0.3 is 10.5 Å². The van der Waals surface area contributed by atoms with E-state index < -0.39 is 5.91 Å². The van der Waals surface area contributed by atoms with Crippen LogP contribution in [-0.4, -0.2) is 22.3 Å². The molecule has 2 heterocycles. The van der Waals surface area contributed by atoms with Crippen molar-refractivity contribution in [2.75, 3.05) is 6.61 Å². The molecule has 6 heteroatoms. The summed E-state index contributed by atoms with van der Waals surface area (Å²) < 4.78 is 8.13. The number of carbonyl (C=O) groups is 1. The molecule has 0 radical (unpaired) electrons. The Morgan fingerprint density at radius 3 is 3.05 bits per heavy atom. The van der Waals surface area contributed by atoms with Crippen molar-refractivity contribution < 1.29 is 9.53 Å². The van der Waals surface area contributed by atoms with E-state index in [0.717, 1.165) is 27.8 Å². The van der Waals surface area contributed by atoms with Crippen LogP contribution in [0.5, 0.6) is 0 Å². The minimum atomic E-state index is -0.518. The van der Waals surface area contributed by atoms with E-state index in [2.05, 4.69) is 21.0 Å². The van der Waals surface area contributed by atoms with Gasteiger partial charge in [0.05, 0.1) is 24.6 Å². The van der Waals surface area contributed by atoms with Crippen LogP contribution in [0.1, 0.15) is 21.7 Å². The second-order valence-corrected chi connectivity index (χ2v) is 5.25. The Bertz CT molecular complexity index is 651. The van der Waals surface area contributed by atoms with E-state index >= 15 is 0 Å². The third-order valence-corrected chi connectivity index (χ3v) is 3.60. The van der Waals surface area contributed by atoms with Crippen molar-refractivity contribution in [3.63, 3.8) is 0 Å². The lowest BCUT2D eigenvalue weighted by molar-refractivity contribution is 0.0966. The summed E-state index contributed by atoms with van der Waals surface area (Å²) in [5.74, 6) is -0.518. The molecule has 3 rings (SSSR count). The molecule has 0 unspecified atom stereocenters. The molecule has 5 nitrogen and oxygen atoms in total. The number of carbonyl (C=O) groups excluding carboxylic acids is 1. The molecule has 2 aromatic rings. The number of hydrogen-bond acceptors (Lipinski definition) is 3. The Kier molecular flexibility index (Phi) is 3.12. The largest absolute Gasteiger partial charge is 0.376 e. The van der Waals surface area contributed by atoms with Gasteiger partial charge in [0.1, 0.15) is 0 Å².